The Hall–Kier alpha value is -6.90. The van der Waals surface area contributed by atoms with Gasteiger partial charge in [-0.2, -0.15) is 0 Å². The fourth-order valence-electron chi connectivity index (χ4n) is 12.5. The highest BCUT2D eigenvalue weighted by Crippen LogP contribution is 2.58. The molecule has 0 N–H and O–H groups in total. The molecule has 3 aliphatic carbocycles. The molecule has 0 saturated carbocycles. The number of para-hydroxylation sites is 2. The Balaban J connectivity index is 0.836. The maximum absolute atomic E-state index is 2.70. The summed E-state index contributed by atoms with van der Waals surface area (Å²) in [6, 6.07) is 54.9. The summed E-state index contributed by atoms with van der Waals surface area (Å²) in [6.45, 7) is 12.2. The van der Waals surface area contributed by atoms with Crippen LogP contribution in [0.1, 0.15) is 80.8 Å². The number of fused-ring (bicyclic) bond motifs is 7. The zero-order chi connectivity index (χ0) is 44.1. The minimum atomic E-state index is -0.145. The summed E-state index contributed by atoms with van der Waals surface area (Å²) in [5.74, 6) is 0.365. The molecule has 12 rings (SSSR count). The van der Waals surface area contributed by atoms with Crippen molar-refractivity contribution in [3.63, 3.8) is 0 Å². The monoisotopic (exact) mass is 840 g/mol. The highest BCUT2D eigenvalue weighted by molar-refractivity contribution is 6.06. The van der Waals surface area contributed by atoms with E-state index < -0.39 is 0 Å². The molecule has 0 spiro atoms. The van der Waals surface area contributed by atoms with Crippen molar-refractivity contribution in [3.05, 3.63) is 227 Å². The van der Waals surface area contributed by atoms with Crippen molar-refractivity contribution in [1.29, 1.82) is 0 Å². The zero-order valence-corrected chi connectivity index (χ0v) is 38.3. The van der Waals surface area contributed by atoms with E-state index in [4.69, 9.17) is 0 Å². The second kappa shape index (κ2) is 14.8. The number of allylic oxidation sites excluding steroid dienone is 6. The Morgan fingerprint density at radius 3 is 1.94 bits per heavy atom. The average Bonchev–Trinajstić information content (AvgIpc) is 3.43. The fraction of sp³-hybridized carbons (Fsp3) is 0.206. The van der Waals surface area contributed by atoms with E-state index in [2.05, 4.69) is 239 Å². The molecule has 2 aliphatic heterocycles. The van der Waals surface area contributed by atoms with Crippen LogP contribution in [0, 0.1) is 11.3 Å². The number of benzene rings is 7. The highest BCUT2D eigenvalue weighted by atomic mass is 15.2. The number of hydrogen-bond donors (Lipinski definition) is 0. The number of nitrogens with zero attached hydrogens (tertiary/aromatic N) is 2. The largest absolute Gasteiger partial charge is 0.335 e. The predicted octanol–water partition coefficient (Wildman–Crippen LogP) is 16.5. The maximum Gasteiger partial charge on any atom is 0.0676 e. The van der Waals surface area contributed by atoms with Crippen molar-refractivity contribution in [2.75, 3.05) is 9.80 Å². The molecule has 2 unspecified atom stereocenters. The summed E-state index contributed by atoms with van der Waals surface area (Å²) >= 11 is 0. The molecule has 2 heterocycles. The third kappa shape index (κ3) is 6.13. The number of rotatable bonds is 5. The average molecular weight is 841 g/mol. The molecular weight excluding hydrogens is 785 g/mol. The van der Waals surface area contributed by atoms with Gasteiger partial charge in [-0.15, -0.1) is 0 Å². The van der Waals surface area contributed by atoms with Gasteiger partial charge in [0.25, 0.3) is 0 Å². The molecule has 0 amide bonds. The predicted molar refractivity (Wildman–Crippen MR) is 276 cm³/mol. The van der Waals surface area contributed by atoms with Gasteiger partial charge in [-0.05, 0) is 130 Å². The van der Waals surface area contributed by atoms with Gasteiger partial charge in [0.05, 0.1) is 11.2 Å². The van der Waals surface area contributed by atoms with Gasteiger partial charge >= 0.3 is 0 Å². The van der Waals surface area contributed by atoms with E-state index in [1.165, 1.54) is 100 Å². The molecule has 7 aromatic carbocycles. The molecule has 2 heteroatoms. The molecule has 2 nitrogen and oxygen atoms in total. The normalized spacial score (nSPS) is 20.8. The van der Waals surface area contributed by atoms with Crippen LogP contribution < -0.4 is 9.80 Å². The molecule has 0 bridgehead atoms. The van der Waals surface area contributed by atoms with Crippen molar-refractivity contribution in [2.24, 2.45) is 11.3 Å². The third-order valence-corrected chi connectivity index (χ3v) is 15.7. The van der Waals surface area contributed by atoms with E-state index in [1.54, 1.807) is 0 Å². The second-order valence-electron chi connectivity index (χ2n) is 20.2. The van der Waals surface area contributed by atoms with Crippen molar-refractivity contribution in [3.8, 4) is 22.3 Å². The van der Waals surface area contributed by atoms with E-state index in [0.29, 0.717) is 5.92 Å². The first-order valence-electron chi connectivity index (χ1n) is 23.7. The van der Waals surface area contributed by atoms with Crippen molar-refractivity contribution < 1.29 is 0 Å². The molecule has 2 atom stereocenters. The van der Waals surface area contributed by atoms with E-state index in [-0.39, 0.29) is 16.4 Å². The lowest BCUT2D eigenvalue weighted by Crippen LogP contribution is -2.59. The smallest absolute Gasteiger partial charge is 0.0676 e. The van der Waals surface area contributed by atoms with Gasteiger partial charge < -0.3 is 9.80 Å². The Morgan fingerprint density at radius 2 is 1.18 bits per heavy atom. The fourth-order valence-corrected chi connectivity index (χ4v) is 12.5. The van der Waals surface area contributed by atoms with Crippen molar-refractivity contribution >= 4 is 45.7 Å². The van der Waals surface area contributed by atoms with Gasteiger partial charge in [-0.25, -0.2) is 0 Å². The lowest BCUT2D eigenvalue weighted by Gasteiger charge is -2.58. The van der Waals surface area contributed by atoms with Gasteiger partial charge in [0.2, 0.25) is 0 Å². The standard InChI is InChI=1S/C63H56N2/c1-61(2)54-40-43(29-35-50(54)51-36-34-47(41-55(51)61)65-59-23-13-10-20-53(59)62(3,4)60-24-14-15-39-63(60,65)5)26-25-42-27-30-44(31-28-42)48-37-38-58(52-19-9-8-18-49(48)52)64-56-21-11-6-16-45(56)32-33-46-17-7-12-22-57(46)64/h6-12,14-22,24-31,34-41,60H,13,23,32-33H2,1-5H3. The molecular formula is C63H56N2. The van der Waals surface area contributed by atoms with Crippen LogP contribution in [-0.2, 0) is 18.3 Å². The van der Waals surface area contributed by atoms with E-state index >= 15 is 0 Å². The molecule has 318 valence electrons. The van der Waals surface area contributed by atoms with Crippen LogP contribution in [-0.4, -0.2) is 5.54 Å². The zero-order valence-electron chi connectivity index (χ0n) is 38.3. The van der Waals surface area contributed by atoms with Crippen LogP contribution in [0.2, 0.25) is 0 Å². The lowest BCUT2D eigenvalue weighted by molar-refractivity contribution is 0.211. The summed E-state index contributed by atoms with van der Waals surface area (Å²) in [7, 11) is 0. The van der Waals surface area contributed by atoms with Crippen molar-refractivity contribution in [1.82, 2.24) is 0 Å². The Bertz CT molecular complexity index is 3190. The summed E-state index contributed by atoms with van der Waals surface area (Å²) in [6.07, 6.45) is 23.0. The SMILES string of the molecule is CC1(C)c2cc(C=Cc3ccc(-c4ccc(N5c6ccccc6CCc6ccccc65)c5ccccc45)cc3)ccc2-c2ccc(N3C4=C(C=CCC4)C(C)(C)C4C=CC=CC43C)cc21. The Labute approximate surface area is 385 Å². The summed E-state index contributed by atoms with van der Waals surface area (Å²) < 4.78 is 0. The maximum atomic E-state index is 2.70. The van der Waals surface area contributed by atoms with Gasteiger partial charge in [0, 0.05) is 44.9 Å². The molecule has 0 fully saturated rings. The quantitative estimate of drug-likeness (QED) is 0.159. The van der Waals surface area contributed by atoms with E-state index in [9.17, 15) is 0 Å². The Morgan fingerprint density at radius 1 is 0.554 bits per heavy atom. The highest BCUT2D eigenvalue weighted by Gasteiger charge is 2.53. The topological polar surface area (TPSA) is 6.48 Å². The summed E-state index contributed by atoms with van der Waals surface area (Å²) in [5.41, 5.74) is 21.0. The van der Waals surface area contributed by atoms with Crippen LogP contribution in [0.5, 0.6) is 0 Å². The Kier molecular flexibility index (Phi) is 9.05. The number of aryl methyl sites for hydroxylation is 2. The number of anilines is 4. The van der Waals surface area contributed by atoms with Gasteiger partial charge in [0.1, 0.15) is 0 Å². The van der Waals surface area contributed by atoms with Crippen molar-refractivity contribution in [2.45, 2.75) is 71.3 Å². The van der Waals surface area contributed by atoms with Crippen LogP contribution in [0.15, 0.2) is 193 Å². The molecule has 0 radical (unpaired) electrons. The van der Waals surface area contributed by atoms with Crippen LogP contribution in [0.4, 0.5) is 22.7 Å². The summed E-state index contributed by atoms with van der Waals surface area (Å²) in [4.78, 5) is 5.19. The number of hydrogen-bond acceptors (Lipinski definition) is 2. The van der Waals surface area contributed by atoms with Gasteiger partial charge in [0.15, 0.2) is 0 Å². The second-order valence-corrected chi connectivity index (χ2v) is 20.2. The molecule has 7 aromatic rings. The third-order valence-electron chi connectivity index (χ3n) is 15.7. The van der Waals surface area contributed by atoms with E-state index in [1.807, 2.05) is 0 Å². The van der Waals surface area contributed by atoms with Crippen LogP contribution >= 0.6 is 0 Å². The molecule has 0 saturated heterocycles. The first kappa shape index (κ1) is 39.7. The first-order chi connectivity index (χ1) is 31.6. The summed E-state index contributed by atoms with van der Waals surface area (Å²) in [5, 5.41) is 2.51. The minimum Gasteiger partial charge on any atom is -0.335 e. The van der Waals surface area contributed by atoms with Gasteiger partial charge in [-0.1, -0.05) is 192 Å². The van der Waals surface area contributed by atoms with Crippen LogP contribution in [0.3, 0.4) is 0 Å². The lowest BCUT2D eigenvalue weighted by atomic mass is 9.58. The van der Waals surface area contributed by atoms with Crippen LogP contribution in [0.25, 0.3) is 45.2 Å². The minimum absolute atomic E-state index is 0.0490. The molecule has 5 aliphatic rings. The molecule has 0 aromatic heterocycles. The van der Waals surface area contributed by atoms with E-state index in [0.717, 1.165) is 25.7 Å². The van der Waals surface area contributed by atoms with Gasteiger partial charge in [-0.3, -0.25) is 0 Å². The molecule has 65 heavy (non-hydrogen) atoms. The first-order valence-corrected chi connectivity index (χ1v) is 23.7.